The Labute approximate surface area is 105 Å². The Morgan fingerprint density at radius 3 is 2.44 bits per heavy atom. The first-order chi connectivity index (χ1) is 7.15. The van der Waals surface area contributed by atoms with E-state index in [4.69, 9.17) is 5.73 Å². The van der Waals surface area contributed by atoms with Gasteiger partial charge in [0.1, 0.15) is 0 Å². The fourth-order valence-corrected chi connectivity index (χ4v) is 2.06. The summed E-state index contributed by atoms with van der Waals surface area (Å²) in [6, 6.07) is 0.0401. The number of amides is 1. The van der Waals surface area contributed by atoms with Crippen LogP contribution in [0.25, 0.3) is 0 Å². The molecular formula is C12H25ClN2O. The summed E-state index contributed by atoms with van der Waals surface area (Å²) in [6.45, 7) is 4.10. The van der Waals surface area contributed by atoms with Crippen molar-refractivity contribution in [1.29, 1.82) is 0 Å². The van der Waals surface area contributed by atoms with Gasteiger partial charge in [0, 0.05) is 6.04 Å². The third-order valence-corrected chi connectivity index (χ3v) is 3.51. The SMILES string of the molecule is CCC(C)C(N)C(=O)NC1CCCCC1.Cl. The van der Waals surface area contributed by atoms with E-state index in [9.17, 15) is 4.79 Å². The molecule has 1 rings (SSSR count). The van der Waals surface area contributed by atoms with Gasteiger partial charge >= 0.3 is 0 Å². The van der Waals surface area contributed by atoms with Crippen LogP contribution in [0, 0.1) is 5.92 Å². The fourth-order valence-electron chi connectivity index (χ4n) is 2.06. The van der Waals surface area contributed by atoms with Gasteiger partial charge in [0.2, 0.25) is 5.91 Å². The molecule has 0 aromatic carbocycles. The Balaban J connectivity index is 0.00000225. The summed E-state index contributed by atoms with van der Waals surface area (Å²) in [5, 5.41) is 3.07. The van der Waals surface area contributed by atoms with E-state index in [2.05, 4.69) is 12.2 Å². The first-order valence-electron chi connectivity index (χ1n) is 6.21. The summed E-state index contributed by atoms with van der Waals surface area (Å²) < 4.78 is 0. The van der Waals surface area contributed by atoms with Crippen molar-refractivity contribution in [2.24, 2.45) is 11.7 Å². The summed E-state index contributed by atoms with van der Waals surface area (Å²) in [4.78, 5) is 11.8. The van der Waals surface area contributed by atoms with Crippen LogP contribution in [-0.4, -0.2) is 18.0 Å². The molecule has 0 bridgehead atoms. The molecule has 16 heavy (non-hydrogen) atoms. The lowest BCUT2D eigenvalue weighted by atomic mass is 9.94. The van der Waals surface area contributed by atoms with Gasteiger partial charge in [0.15, 0.2) is 0 Å². The summed E-state index contributed by atoms with van der Waals surface area (Å²) in [5.74, 6) is 0.310. The monoisotopic (exact) mass is 248 g/mol. The van der Waals surface area contributed by atoms with Gasteiger partial charge in [-0.2, -0.15) is 0 Å². The maximum absolute atomic E-state index is 11.8. The lowest BCUT2D eigenvalue weighted by Crippen LogP contribution is -2.48. The van der Waals surface area contributed by atoms with Gasteiger partial charge in [-0.05, 0) is 18.8 Å². The molecule has 1 aliphatic rings. The molecule has 4 heteroatoms. The molecule has 1 amide bonds. The van der Waals surface area contributed by atoms with E-state index in [1.54, 1.807) is 0 Å². The first kappa shape index (κ1) is 15.7. The van der Waals surface area contributed by atoms with E-state index >= 15 is 0 Å². The zero-order valence-corrected chi connectivity index (χ0v) is 11.2. The molecule has 2 atom stereocenters. The quantitative estimate of drug-likeness (QED) is 0.802. The highest BCUT2D eigenvalue weighted by Crippen LogP contribution is 2.17. The van der Waals surface area contributed by atoms with Crippen molar-refractivity contribution in [1.82, 2.24) is 5.32 Å². The van der Waals surface area contributed by atoms with Crippen LogP contribution >= 0.6 is 12.4 Å². The summed E-state index contributed by atoms with van der Waals surface area (Å²) in [5.41, 5.74) is 5.88. The number of hydrogen-bond donors (Lipinski definition) is 2. The summed E-state index contributed by atoms with van der Waals surface area (Å²) >= 11 is 0. The number of carbonyl (C=O) groups excluding carboxylic acids is 1. The Hall–Kier alpha value is -0.280. The van der Waals surface area contributed by atoms with E-state index in [0.717, 1.165) is 19.3 Å². The fraction of sp³-hybridized carbons (Fsp3) is 0.917. The lowest BCUT2D eigenvalue weighted by Gasteiger charge is -2.26. The molecule has 0 aromatic heterocycles. The Morgan fingerprint density at radius 1 is 1.38 bits per heavy atom. The smallest absolute Gasteiger partial charge is 0.237 e. The molecular weight excluding hydrogens is 224 g/mol. The second kappa shape index (κ2) is 7.91. The minimum atomic E-state index is -0.336. The van der Waals surface area contributed by atoms with Gasteiger partial charge in [0.25, 0.3) is 0 Å². The van der Waals surface area contributed by atoms with Crippen molar-refractivity contribution in [3.63, 3.8) is 0 Å². The van der Waals surface area contributed by atoms with Crippen molar-refractivity contribution in [3.8, 4) is 0 Å². The number of halogens is 1. The highest BCUT2D eigenvalue weighted by molar-refractivity contribution is 5.85. The average molecular weight is 249 g/mol. The Bertz CT molecular complexity index is 205. The molecule has 0 aromatic rings. The van der Waals surface area contributed by atoms with E-state index in [-0.39, 0.29) is 30.3 Å². The van der Waals surface area contributed by atoms with Crippen molar-refractivity contribution in [3.05, 3.63) is 0 Å². The molecule has 0 heterocycles. The van der Waals surface area contributed by atoms with Crippen LogP contribution in [0.4, 0.5) is 0 Å². The molecule has 1 fully saturated rings. The van der Waals surface area contributed by atoms with Gasteiger partial charge in [-0.25, -0.2) is 0 Å². The zero-order chi connectivity index (χ0) is 11.3. The predicted octanol–water partition coefficient (Wildman–Crippen LogP) is 2.23. The molecule has 96 valence electrons. The van der Waals surface area contributed by atoms with Crippen LogP contribution in [0.15, 0.2) is 0 Å². The minimum absolute atomic E-state index is 0. The highest BCUT2D eigenvalue weighted by atomic mass is 35.5. The number of carbonyl (C=O) groups is 1. The van der Waals surface area contributed by atoms with Gasteiger partial charge < -0.3 is 11.1 Å². The van der Waals surface area contributed by atoms with Crippen LogP contribution in [-0.2, 0) is 4.79 Å². The molecule has 0 saturated heterocycles. The van der Waals surface area contributed by atoms with Crippen LogP contribution in [0.1, 0.15) is 52.4 Å². The van der Waals surface area contributed by atoms with Gasteiger partial charge in [-0.15, -0.1) is 12.4 Å². The molecule has 1 aliphatic carbocycles. The minimum Gasteiger partial charge on any atom is -0.352 e. The predicted molar refractivity (Wildman–Crippen MR) is 69.7 cm³/mol. The topological polar surface area (TPSA) is 55.1 Å². The molecule has 0 aliphatic heterocycles. The summed E-state index contributed by atoms with van der Waals surface area (Å²) in [6.07, 6.45) is 6.99. The average Bonchev–Trinajstić information content (AvgIpc) is 2.28. The third kappa shape index (κ3) is 4.71. The zero-order valence-electron chi connectivity index (χ0n) is 10.4. The molecule has 3 N–H and O–H groups in total. The van der Waals surface area contributed by atoms with Crippen LogP contribution in [0.2, 0.25) is 0 Å². The summed E-state index contributed by atoms with van der Waals surface area (Å²) in [7, 11) is 0. The van der Waals surface area contributed by atoms with Crippen molar-refractivity contribution in [2.75, 3.05) is 0 Å². The first-order valence-corrected chi connectivity index (χ1v) is 6.21. The van der Waals surface area contributed by atoms with Crippen molar-refractivity contribution in [2.45, 2.75) is 64.5 Å². The molecule has 2 unspecified atom stereocenters. The maximum atomic E-state index is 11.8. The number of nitrogens with two attached hydrogens (primary N) is 1. The third-order valence-electron chi connectivity index (χ3n) is 3.51. The largest absolute Gasteiger partial charge is 0.352 e. The van der Waals surface area contributed by atoms with Gasteiger partial charge in [0.05, 0.1) is 6.04 Å². The second-order valence-corrected chi connectivity index (χ2v) is 4.75. The normalized spacial score (nSPS) is 20.7. The van der Waals surface area contributed by atoms with Crippen molar-refractivity contribution >= 4 is 18.3 Å². The lowest BCUT2D eigenvalue weighted by molar-refractivity contribution is -0.124. The molecule has 0 spiro atoms. The highest BCUT2D eigenvalue weighted by Gasteiger charge is 2.22. The number of nitrogens with one attached hydrogen (secondary N) is 1. The number of hydrogen-bond acceptors (Lipinski definition) is 2. The van der Waals surface area contributed by atoms with Crippen molar-refractivity contribution < 1.29 is 4.79 Å². The maximum Gasteiger partial charge on any atom is 0.237 e. The van der Waals surface area contributed by atoms with Gasteiger partial charge in [-0.1, -0.05) is 39.5 Å². The van der Waals surface area contributed by atoms with E-state index in [0.29, 0.717) is 6.04 Å². The number of rotatable bonds is 4. The van der Waals surface area contributed by atoms with E-state index < -0.39 is 0 Å². The van der Waals surface area contributed by atoms with Crippen LogP contribution in [0.3, 0.4) is 0 Å². The Kier molecular flexibility index (Phi) is 7.77. The van der Waals surface area contributed by atoms with Gasteiger partial charge in [-0.3, -0.25) is 4.79 Å². The van der Waals surface area contributed by atoms with E-state index in [1.807, 2.05) is 6.92 Å². The standard InChI is InChI=1S/C12H24N2O.ClH/c1-3-9(2)11(13)12(15)14-10-7-5-4-6-8-10;/h9-11H,3-8,13H2,1-2H3,(H,14,15);1H. The molecule has 3 nitrogen and oxygen atoms in total. The van der Waals surface area contributed by atoms with Crippen LogP contribution < -0.4 is 11.1 Å². The molecule has 1 saturated carbocycles. The second-order valence-electron chi connectivity index (χ2n) is 4.75. The van der Waals surface area contributed by atoms with Crippen LogP contribution in [0.5, 0.6) is 0 Å². The molecule has 0 radical (unpaired) electrons. The van der Waals surface area contributed by atoms with E-state index in [1.165, 1.54) is 19.3 Å². The Morgan fingerprint density at radius 2 is 1.94 bits per heavy atom.